The van der Waals surface area contributed by atoms with Crippen LogP contribution in [0.4, 0.5) is 11.5 Å². The van der Waals surface area contributed by atoms with E-state index in [-0.39, 0.29) is 5.69 Å². The number of nitrogen functional groups attached to an aromatic ring is 1. The number of aromatic nitrogens is 1. The monoisotopic (exact) mass is 264 g/mol. The second-order valence-corrected chi connectivity index (χ2v) is 4.91. The molecule has 0 saturated carbocycles. The third-order valence-corrected chi connectivity index (χ3v) is 3.40. The number of anilines is 2. The Labute approximate surface area is 113 Å². The molecule has 104 valence electrons. The van der Waals surface area contributed by atoms with Crippen molar-refractivity contribution in [1.29, 1.82) is 0 Å². The lowest BCUT2D eigenvalue weighted by Crippen LogP contribution is -2.51. The minimum atomic E-state index is -0.442. The summed E-state index contributed by atoms with van der Waals surface area (Å²) in [7, 11) is 3.44. The third kappa shape index (κ3) is 2.78. The van der Waals surface area contributed by atoms with E-state index in [1.807, 2.05) is 0 Å². The molecule has 0 amide bonds. The second-order valence-electron chi connectivity index (χ2n) is 4.91. The lowest BCUT2D eigenvalue weighted by atomic mass is 10.2. The van der Waals surface area contributed by atoms with Crippen molar-refractivity contribution in [3.8, 4) is 0 Å². The van der Waals surface area contributed by atoms with Gasteiger partial charge in [0.2, 0.25) is 0 Å². The molecule has 1 saturated heterocycles. The van der Waals surface area contributed by atoms with Gasteiger partial charge in [-0.25, -0.2) is 9.78 Å². The summed E-state index contributed by atoms with van der Waals surface area (Å²) in [5.74, 6) is 0.228. The number of esters is 1. The summed E-state index contributed by atoms with van der Waals surface area (Å²) < 4.78 is 4.69. The summed E-state index contributed by atoms with van der Waals surface area (Å²) in [4.78, 5) is 20.3. The fourth-order valence-corrected chi connectivity index (χ4v) is 2.36. The first-order valence-electron chi connectivity index (χ1n) is 6.33. The fraction of sp³-hybridized carbons (Fsp3) is 0.538. The predicted molar refractivity (Wildman–Crippen MR) is 74.3 cm³/mol. The van der Waals surface area contributed by atoms with Crippen LogP contribution in [0.3, 0.4) is 0 Å². The first kappa shape index (κ1) is 13.6. The Bertz CT molecular complexity index is 478. The Kier molecular flexibility index (Phi) is 3.90. The zero-order valence-electron chi connectivity index (χ0n) is 11.6. The van der Waals surface area contributed by atoms with Gasteiger partial charge in [0.05, 0.1) is 12.8 Å². The van der Waals surface area contributed by atoms with E-state index in [9.17, 15) is 4.79 Å². The number of nitrogens with two attached hydrogens (primary N) is 1. The Hall–Kier alpha value is -1.82. The molecule has 0 radical (unpaired) electrons. The average molecular weight is 264 g/mol. The fourth-order valence-electron chi connectivity index (χ4n) is 2.36. The molecule has 1 fully saturated rings. The second kappa shape index (κ2) is 5.44. The maximum Gasteiger partial charge on any atom is 0.356 e. The van der Waals surface area contributed by atoms with E-state index < -0.39 is 5.97 Å². The number of ether oxygens (including phenoxy) is 1. The summed E-state index contributed by atoms with van der Waals surface area (Å²) in [5.41, 5.74) is 6.87. The summed E-state index contributed by atoms with van der Waals surface area (Å²) in [6.45, 7) is 4.87. The highest BCUT2D eigenvalue weighted by molar-refractivity contribution is 5.88. The van der Waals surface area contributed by atoms with Crippen molar-refractivity contribution in [2.45, 2.75) is 13.0 Å². The van der Waals surface area contributed by atoms with Gasteiger partial charge in [0.15, 0.2) is 11.5 Å². The van der Waals surface area contributed by atoms with Crippen molar-refractivity contribution in [3.05, 3.63) is 17.8 Å². The van der Waals surface area contributed by atoms with Crippen LogP contribution in [0.25, 0.3) is 0 Å². The summed E-state index contributed by atoms with van der Waals surface area (Å²) in [5, 5.41) is 0. The molecule has 1 aliphatic heterocycles. The minimum absolute atomic E-state index is 0.290. The van der Waals surface area contributed by atoms with Gasteiger partial charge >= 0.3 is 5.97 Å². The quantitative estimate of drug-likeness (QED) is 0.788. The average Bonchev–Trinajstić information content (AvgIpc) is 2.39. The first-order valence-corrected chi connectivity index (χ1v) is 6.33. The molecule has 6 nitrogen and oxygen atoms in total. The third-order valence-electron chi connectivity index (χ3n) is 3.40. The molecule has 0 spiro atoms. The van der Waals surface area contributed by atoms with Gasteiger partial charge in [-0.1, -0.05) is 0 Å². The van der Waals surface area contributed by atoms with E-state index in [4.69, 9.17) is 10.5 Å². The molecule has 0 aliphatic carbocycles. The molecule has 1 aliphatic rings. The molecule has 1 unspecified atom stereocenters. The highest BCUT2D eigenvalue weighted by Gasteiger charge is 2.25. The van der Waals surface area contributed by atoms with Gasteiger partial charge in [0, 0.05) is 25.7 Å². The van der Waals surface area contributed by atoms with E-state index in [0.717, 1.165) is 19.6 Å². The van der Waals surface area contributed by atoms with E-state index in [1.54, 1.807) is 12.1 Å². The van der Waals surface area contributed by atoms with Crippen LogP contribution >= 0.6 is 0 Å². The highest BCUT2D eigenvalue weighted by atomic mass is 16.5. The molecule has 2 heterocycles. The van der Waals surface area contributed by atoms with Gasteiger partial charge in [0.1, 0.15) is 0 Å². The number of carbonyl (C=O) groups excluding carboxylic acids is 1. The SMILES string of the molecule is COC(=O)c1ccc(N)c(N2CCN(C)CC2C)n1. The Balaban J connectivity index is 2.30. The Morgan fingerprint density at radius 1 is 1.47 bits per heavy atom. The zero-order valence-corrected chi connectivity index (χ0v) is 11.6. The van der Waals surface area contributed by atoms with Crippen LogP contribution in [-0.4, -0.2) is 55.7 Å². The number of methoxy groups -OCH3 is 1. The van der Waals surface area contributed by atoms with Gasteiger partial charge in [0.25, 0.3) is 0 Å². The molecule has 19 heavy (non-hydrogen) atoms. The van der Waals surface area contributed by atoms with E-state index in [0.29, 0.717) is 17.5 Å². The van der Waals surface area contributed by atoms with Crippen LogP contribution in [0.1, 0.15) is 17.4 Å². The maximum atomic E-state index is 11.5. The molecular formula is C13H20N4O2. The Morgan fingerprint density at radius 3 is 2.84 bits per heavy atom. The summed E-state index contributed by atoms with van der Waals surface area (Å²) in [6.07, 6.45) is 0. The molecule has 1 aromatic heterocycles. The molecule has 1 atom stereocenters. The number of hydrogen-bond acceptors (Lipinski definition) is 6. The van der Waals surface area contributed by atoms with Crippen LogP contribution in [0.2, 0.25) is 0 Å². The van der Waals surface area contributed by atoms with Gasteiger partial charge in [-0.05, 0) is 26.1 Å². The minimum Gasteiger partial charge on any atom is -0.464 e. The smallest absolute Gasteiger partial charge is 0.356 e. The number of pyridine rings is 1. The van der Waals surface area contributed by atoms with E-state index >= 15 is 0 Å². The van der Waals surface area contributed by atoms with Crippen LogP contribution in [-0.2, 0) is 4.74 Å². The lowest BCUT2D eigenvalue weighted by Gasteiger charge is -2.39. The van der Waals surface area contributed by atoms with Gasteiger partial charge in [-0.15, -0.1) is 0 Å². The highest BCUT2D eigenvalue weighted by Crippen LogP contribution is 2.25. The van der Waals surface area contributed by atoms with Crippen molar-refractivity contribution in [2.75, 3.05) is 44.4 Å². The normalized spacial score (nSPS) is 20.4. The van der Waals surface area contributed by atoms with Crippen molar-refractivity contribution >= 4 is 17.5 Å². The topological polar surface area (TPSA) is 71.7 Å². The van der Waals surface area contributed by atoms with Crippen LogP contribution < -0.4 is 10.6 Å². The largest absolute Gasteiger partial charge is 0.464 e. The number of rotatable bonds is 2. The molecular weight excluding hydrogens is 244 g/mol. The zero-order chi connectivity index (χ0) is 14.0. The van der Waals surface area contributed by atoms with Crippen molar-refractivity contribution in [3.63, 3.8) is 0 Å². The summed E-state index contributed by atoms with van der Waals surface area (Å²) >= 11 is 0. The molecule has 0 aromatic carbocycles. The molecule has 2 rings (SSSR count). The van der Waals surface area contributed by atoms with E-state index in [1.165, 1.54) is 7.11 Å². The van der Waals surface area contributed by atoms with Crippen LogP contribution in [0.5, 0.6) is 0 Å². The number of hydrogen-bond donors (Lipinski definition) is 1. The van der Waals surface area contributed by atoms with Crippen molar-refractivity contribution in [1.82, 2.24) is 9.88 Å². The molecule has 6 heteroatoms. The standard InChI is InChI=1S/C13H20N4O2/c1-9-8-16(2)6-7-17(9)12-10(14)4-5-11(15-12)13(18)19-3/h4-5,9H,6-8,14H2,1-3H3. The predicted octanol–water partition coefficient (Wildman–Crippen LogP) is 0.591. The first-order chi connectivity index (χ1) is 9.02. The maximum absolute atomic E-state index is 11.5. The van der Waals surface area contributed by atoms with Gasteiger partial charge in [-0.2, -0.15) is 0 Å². The number of carbonyl (C=O) groups is 1. The number of nitrogens with zero attached hydrogens (tertiary/aromatic N) is 3. The molecule has 2 N–H and O–H groups in total. The van der Waals surface area contributed by atoms with Gasteiger partial charge < -0.3 is 20.3 Å². The lowest BCUT2D eigenvalue weighted by molar-refractivity contribution is 0.0594. The van der Waals surface area contributed by atoms with Crippen LogP contribution in [0, 0.1) is 0 Å². The Morgan fingerprint density at radius 2 is 2.21 bits per heavy atom. The summed E-state index contributed by atoms with van der Waals surface area (Å²) in [6, 6.07) is 3.60. The number of likely N-dealkylation sites (N-methyl/N-ethyl adjacent to an activating group) is 1. The number of piperazine rings is 1. The molecule has 0 bridgehead atoms. The molecule has 1 aromatic rings. The van der Waals surface area contributed by atoms with Crippen molar-refractivity contribution < 1.29 is 9.53 Å². The van der Waals surface area contributed by atoms with Gasteiger partial charge in [-0.3, -0.25) is 0 Å². The van der Waals surface area contributed by atoms with E-state index in [2.05, 4.69) is 28.8 Å². The van der Waals surface area contributed by atoms with Crippen LogP contribution in [0.15, 0.2) is 12.1 Å². The van der Waals surface area contributed by atoms with Crippen molar-refractivity contribution in [2.24, 2.45) is 0 Å².